The highest BCUT2D eigenvalue weighted by atomic mass is 16.5. The molecule has 5 rings (SSSR count). The maximum Gasteiger partial charge on any atom is 0.259 e. The zero-order valence-corrected chi connectivity index (χ0v) is 18.9. The van der Waals surface area contributed by atoms with Crippen molar-refractivity contribution in [2.24, 2.45) is 0 Å². The fourth-order valence-electron chi connectivity index (χ4n) is 4.99. The summed E-state index contributed by atoms with van der Waals surface area (Å²) in [6.07, 6.45) is 4.24. The number of carbonyl (C=O) groups is 2. The number of pyridine rings is 1. The van der Waals surface area contributed by atoms with Gasteiger partial charge in [-0.2, -0.15) is 10.2 Å². The van der Waals surface area contributed by atoms with Gasteiger partial charge < -0.3 is 19.0 Å². The molecule has 1 spiro atoms. The van der Waals surface area contributed by atoms with Crippen molar-refractivity contribution in [1.82, 2.24) is 20.0 Å². The van der Waals surface area contributed by atoms with Crippen molar-refractivity contribution in [2.45, 2.75) is 44.6 Å². The average molecular weight is 457 g/mol. The van der Waals surface area contributed by atoms with Crippen LogP contribution in [0.2, 0.25) is 0 Å². The van der Waals surface area contributed by atoms with Crippen LogP contribution in [0, 0.1) is 11.3 Å². The number of amides is 1. The van der Waals surface area contributed by atoms with Gasteiger partial charge in [0.15, 0.2) is 0 Å². The number of likely N-dealkylation sites (tertiary alicyclic amines) is 1. The molecule has 172 valence electrons. The van der Waals surface area contributed by atoms with Gasteiger partial charge in [-0.05, 0) is 43.9 Å². The van der Waals surface area contributed by atoms with E-state index in [9.17, 15) is 14.9 Å². The minimum atomic E-state index is -0.282. The zero-order valence-electron chi connectivity index (χ0n) is 18.9. The topological polar surface area (TPSA) is 122 Å². The van der Waals surface area contributed by atoms with Gasteiger partial charge in [-0.15, -0.1) is 0 Å². The van der Waals surface area contributed by atoms with Crippen molar-refractivity contribution in [1.29, 1.82) is 5.26 Å². The lowest BCUT2D eigenvalue weighted by atomic mass is 9.80. The molecular weight excluding hydrogens is 434 g/mol. The van der Waals surface area contributed by atoms with Gasteiger partial charge in [0.25, 0.3) is 5.89 Å². The normalized spacial score (nSPS) is 19.0. The van der Waals surface area contributed by atoms with Gasteiger partial charge in [0.1, 0.15) is 17.9 Å². The fourth-order valence-corrected chi connectivity index (χ4v) is 4.99. The first-order chi connectivity index (χ1) is 16.4. The first-order valence-corrected chi connectivity index (χ1v) is 11.2. The minimum Gasteiger partial charge on any atom is -0.474 e. The Morgan fingerprint density at radius 2 is 2.24 bits per heavy atom. The minimum absolute atomic E-state index is 0.0119. The predicted octanol–water partition coefficient (Wildman–Crippen LogP) is 3.07. The van der Waals surface area contributed by atoms with E-state index in [-0.39, 0.29) is 35.7 Å². The Morgan fingerprint density at radius 1 is 1.38 bits per heavy atom. The van der Waals surface area contributed by atoms with E-state index in [0.717, 1.165) is 35.8 Å². The van der Waals surface area contributed by atoms with E-state index in [1.165, 1.54) is 0 Å². The van der Waals surface area contributed by atoms with Gasteiger partial charge in [0.2, 0.25) is 17.6 Å². The third-order valence-corrected chi connectivity index (χ3v) is 6.46. The molecule has 34 heavy (non-hydrogen) atoms. The molecule has 2 aromatic heterocycles. The molecule has 0 bridgehead atoms. The van der Waals surface area contributed by atoms with Crippen molar-refractivity contribution in [3.05, 3.63) is 47.2 Å². The van der Waals surface area contributed by atoms with Crippen molar-refractivity contribution < 1.29 is 18.8 Å². The predicted molar refractivity (Wildman–Crippen MR) is 121 cm³/mol. The fraction of sp³-hybridized carbons (Fsp3) is 0.360. The molecule has 0 N–H and O–H groups in total. The lowest BCUT2D eigenvalue weighted by Gasteiger charge is -2.24. The summed E-state index contributed by atoms with van der Waals surface area (Å²) in [4.78, 5) is 33.9. The largest absolute Gasteiger partial charge is 0.474 e. The molecular formula is C25H23N5O4. The van der Waals surface area contributed by atoms with Crippen LogP contribution >= 0.6 is 0 Å². The Hall–Kier alpha value is -4.06. The van der Waals surface area contributed by atoms with E-state index in [4.69, 9.17) is 9.26 Å². The molecule has 1 saturated heterocycles. The second-order valence-corrected chi connectivity index (χ2v) is 9.01. The van der Waals surface area contributed by atoms with Crippen LogP contribution in [0.4, 0.5) is 0 Å². The number of nitrogens with zero attached hydrogens (tertiary/aromatic N) is 5. The van der Waals surface area contributed by atoms with E-state index in [1.54, 1.807) is 17.2 Å². The van der Waals surface area contributed by atoms with Gasteiger partial charge in [0, 0.05) is 30.1 Å². The highest BCUT2D eigenvalue weighted by Crippen LogP contribution is 2.48. The van der Waals surface area contributed by atoms with Crippen molar-refractivity contribution >= 4 is 12.2 Å². The number of fused-ring (bicyclic) bond motifs is 2. The summed E-state index contributed by atoms with van der Waals surface area (Å²) in [5, 5.41) is 13.7. The number of aldehydes is 1. The first-order valence-electron chi connectivity index (χ1n) is 11.2. The number of hydrogen-bond donors (Lipinski definition) is 0. The smallest absolute Gasteiger partial charge is 0.259 e. The lowest BCUT2D eigenvalue weighted by Crippen LogP contribution is -2.31. The molecule has 1 amide bonds. The standard InChI is InChI=1S/C25H23N5O4/c1-15(2)33-23-16(12-26)10-17(13-27-23)24-28-22(29-34-24)19-4-3-5-20-18(19)6-7-25(20)11-21(32)30(14-25)8-9-31/h3-5,9-10,13,15H,6-8,11,14H2,1-2H3. The number of hydrogen-bond acceptors (Lipinski definition) is 8. The summed E-state index contributed by atoms with van der Waals surface area (Å²) in [6, 6.07) is 9.67. The molecule has 3 heterocycles. The molecule has 1 aliphatic carbocycles. The third-order valence-electron chi connectivity index (χ3n) is 6.46. The number of benzene rings is 1. The molecule has 2 aliphatic rings. The summed E-state index contributed by atoms with van der Waals surface area (Å²) in [6.45, 7) is 4.41. The Morgan fingerprint density at radius 3 is 3.00 bits per heavy atom. The Balaban J connectivity index is 1.47. The highest BCUT2D eigenvalue weighted by Gasteiger charge is 2.48. The number of aromatic nitrogens is 3. The Labute approximate surface area is 196 Å². The highest BCUT2D eigenvalue weighted by molar-refractivity contribution is 5.84. The van der Waals surface area contributed by atoms with E-state index in [0.29, 0.717) is 29.9 Å². The number of ether oxygens (including phenoxy) is 1. The zero-order chi connectivity index (χ0) is 23.9. The second kappa shape index (κ2) is 8.37. The van der Waals surface area contributed by atoms with Crippen LogP contribution in [0.3, 0.4) is 0 Å². The Bertz CT molecular complexity index is 1330. The molecule has 0 radical (unpaired) electrons. The van der Waals surface area contributed by atoms with E-state index in [1.807, 2.05) is 26.0 Å². The summed E-state index contributed by atoms with van der Waals surface area (Å²) in [5.41, 5.74) is 3.61. The molecule has 1 atom stereocenters. The average Bonchev–Trinajstić information content (AvgIpc) is 3.52. The SMILES string of the molecule is CC(C)Oc1ncc(-c2nc(-c3cccc4c3CCC43CC(=O)N(CC=O)C3)no2)cc1C#N. The molecule has 9 heteroatoms. The van der Waals surface area contributed by atoms with E-state index in [2.05, 4.69) is 27.3 Å². The van der Waals surface area contributed by atoms with Crippen LogP contribution in [0.1, 0.15) is 43.4 Å². The lowest BCUT2D eigenvalue weighted by molar-refractivity contribution is -0.129. The van der Waals surface area contributed by atoms with Crippen molar-refractivity contribution in [3.8, 4) is 34.8 Å². The van der Waals surface area contributed by atoms with Crippen LogP contribution in [0.25, 0.3) is 22.8 Å². The number of nitriles is 1. The summed E-state index contributed by atoms with van der Waals surface area (Å²) >= 11 is 0. The van der Waals surface area contributed by atoms with Gasteiger partial charge in [-0.25, -0.2) is 4.98 Å². The van der Waals surface area contributed by atoms with Gasteiger partial charge in [-0.1, -0.05) is 23.4 Å². The van der Waals surface area contributed by atoms with Crippen molar-refractivity contribution in [2.75, 3.05) is 13.1 Å². The summed E-state index contributed by atoms with van der Waals surface area (Å²) in [5.74, 6) is 0.979. The summed E-state index contributed by atoms with van der Waals surface area (Å²) in [7, 11) is 0. The molecule has 9 nitrogen and oxygen atoms in total. The number of carbonyl (C=O) groups excluding carboxylic acids is 2. The molecule has 3 aromatic rings. The maximum atomic E-state index is 12.5. The molecule has 1 aliphatic heterocycles. The third kappa shape index (κ3) is 3.61. The van der Waals surface area contributed by atoms with Gasteiger partial charge >= 0.3 is 0 Å². The molecule has 1 fully saturated rings. The van der Waals surface area contributed by atoms with Crippen LogP contribution in [-0.4, -0.2) is 51.4 Å². The molecule has 1 aromatic carbocycles. The summed E-state index contributed by atoms with van der Waals surface area (Å²) < 4.78 is 11.1. The van der Waals surface area contributed by atoms with Gasteiger partial charge in [0.05, 0.1) is 18.2 Å². The second-order valence-electron chi connectivity index (χ2n) is 9.01. The number of rotatable bonds is 6. The monoisotopic (exact) mass is 457 g/mol. The Kier molecular flexibility index (Phi) is 5.36. The molecule has 0 saturated carbocycles. The maximum absolute atomic E-state index is 12.5. The van der Waals surface area contributed by atoms with Crippen LogP contribution < -0.4 is 4.74 Å². The van der Waals surface area contributed by atoms with Crippen LogP contribution in [-0.2, 0) is 21.4 Å². The van der Waals surface area contributed by atoms with E-state index < -0.39 is 0 Å². The van der Waals surface area contributed by atoms with E-state index >= 15 is 0 Å². The quantitative estimate of drug-likeness (QED) is 0.518. The van der Waals surface area contributed by atoms with Crippen LogP contribution in [0.15, 0.2) is 35.0 Å². The van der Waals surface area contributed by atoms with Gasteiger partial charge in [-0.3, -0.25) is 4.79 Å². The van der Waals surface area contributed by atoms with Crippen molar-refractivity contribution in [3.63, 3.8) is 0 Å². The van der Waals surface area contributed by atoms with Crippen LogP contribution in [0.5, 0.6) is 5.88 Å². The first kappa shape index (κ1) is 21.8. The molecule has 1 unspecified atom stereocenters.